The molecular formula is C18H15BrClN7O. The van der Waals surface area contributed by atoms with Crippen molar-refractivity contribution in [3.05, 3.63) is 63.5 Å². The predicted molar refractivity (Wildman–Crippen MR) is 111 cm³/mol. The minimum atomic E-state index is 0.375. The van der Waals surface area contributed by atoms with E-state index < -0.39 is 0 Å². The van der Waals surface area contributed by atoms with Crippen LogP contribution >= 0.6 is 27.5 Å². The van der Waals surface area contributed by atoms with Crippen molar-refractivity contribution in [2.45, 2.75) is 13.5 Å². The van der Waals surface area contributed by atoms with Crippen LogP contribution in [0.1, 0.15) is 11.5 Å². The second kappa shape index (κ2) is 7.99. The van der Waals surface area contributed by atoms with Gasteiger partial charge in [0.1, 0.15) is 5.69 Å². The van der Waals surface area contributed by atoms with Gasteiger partial charge in [-0.2, -0.15) is 10.1 Å². The number of halogens is 2. The van der Waals surface area contributed by atoms with Crippen LogP contribution in [0, 0.1) is 6.92 Å². The van der Waals surface area contributed by atoms with Gasteiger partial charge in [0, 0.05) is 29.6 Å². The summed E-state index contributed by atoms with van der Waals surface area (Å²) in [4.78, 5) is 8.71. The molecule has 28 heavy (non-hydrogen) atoms. The molecule has 0 amide bonds. The van der Waals surface area contributed by atoms with E-state index in [1.165, 1.54) is 0 Å². The molecule has 1 aromatic carbocycles. The molecule has 0 atom stereocenters. The van der Waals surface area contributed by atoms with Crippen LogP contribution in [0.15, 0.2) is 51.6 Å². The lowest BCUT2D eigenvalue weighted by Gasteiger charge is -2.07. The molecule has 0 spiro atoms. The highest BCUT2D eigenvalue weighted by molar-refractivity contribution is 9.10. The Morgan fingerprint density at radius 3 is 2.89 bits per heavy atom. The number of H-pyrrole nitrogens is 1. The van der Waals surface area contributed by atoms with Gasteiger partial charge >= 0.3 is 0 Å². The quantitative estimate of drug-likeness (QED) is 0.374. The molecule has 8 nitrogen and oxygen atoms in total. The molecule has 0 aliphatic heterocycles. The van der Waals surface area contributed by atoms with Crippen molar-refractivity contribution in [1.82, 2.24) is 25.3 Å². The molecule has 0 radical (unpaired) electrons. The monoisotopic (exact) mass is 459 g/mol. The summed E-state index contributed by atoms with van der Waals surface area (Å²) in [5, 5.41) is 18.0. The molecule has 0 aliphatic carbocycles. The maximum atomic E-state index is 6.21. The third-order valence-electron chi connectivity index (χ3n) is 3.83. The molecule has 142 valence electrons. The Kier molecular flexibility index (Phi) is 5.27. The van der Waals surface area contributed by atoms with Gasteiger partial charge in [0.25, 0.3) is 0 Å². The van der Waals surface area contributed by atoms with Crippen LogP contribution < -0.4 is 10.6 Å². The second-order valence-electron chi connectivity index (χ2n) is 5.96. The van der Waals surface area contributed by atoms with E-state index in [1.807, 2.05) is 43.3 Å². The molecule has 0 fully saturated rings. The molecule has 0 bridgehead atoms. The van der Waals surface area contributed by atoms with E-state index in [9.17, 15) is 0 Å². The maximum Gasteiger partial charge on any atom is 0.225 e. The van der Waals surface area contributed by atoms with Crippen LogP contribution in [-0.4, -0.2) is 25.3 Å². The topological polar surface area (TPSA) is 105 Å². The predicted octanol–water partition coefficient (Wildman–Crippen LogP) is 4.93. The highest BCUT2D eigenvalue weighted by Crippen LogP contribution is 2.27. The Balaban J connectivity index is 1.45. The lowest BCUT2D eigenvalue weighted by atomic mass is 10.1. The zero-order valence-corrected chi connectivity index (χ0v) is 17.0. The van der Waals surface area contributed by atoms with Crippen LogP contribution in [0.5, 0.6) is 0 Å². The zero-order chi connectivity index (χ0) is 19.5. The first kappa shape index (κ1) is 18.5. The van der Waals surface area contributed by atoms with Crippen LogP contribution in [-0.2, 0) is 6.54 Å². The largest absolute Gasteiger partial charge is 0.359 e. The molecule has 4 rings (SSSR count). The molecule has 0 unspecified atom stereocenters. The van der Waals surface area contributed by atoms with Gasteiger partial charge in [0.2, 0.25) is 5.95 Å². The van der Waals surface area contributed by atoms with E-state index in [4.69, 9.17) is 16.1 Å². The Morgan fingerprint density at radius 1 is 1.25 bits per heavy atom. The van der Waals surface area contributed by atoms with Gasteiger partial charge in [-0.25, -0.2) is 4.98 Å². The number of hydrogen-bond acceptors (Lipinski definition) is 7. The standard InChI is InChI=1S/C18H15BrClN7O/c1-10-6-16(26-25-10)23-17-13(19)9-22-18(24-17)21-8-11-7-15(27-28-11)12-4-2-3-5-14(12)20/h2-7,9H,8H2,1H3,(H3,21,22,23,24,25,26). The van der Waals surface area contributed by atoms with Crippen molar-refractivity contribution >= 4 is 45.1 Å². The van der Waals surface area contributed by atoms with Gasteiger partial charge in [-0.15, -0.1) is 0 Å². The summed E-state index contributed by atoms with van der Waals surface area (Å²) in [5.41, 5.74) is 2.45. The van der Waals surface area contributed by atoms with Crippen LogP contribution in [0.2, 0.25) is 5.02 Å². The minimum absolute atomic E-state index is 0.375. The molecular weight excluding hydrogens is 446 g/mol. The molecule has 3 N–H and O–H groups in total. The highest BCUT2D eigenvalue weighted by Gasteiger charge is 2.11. The molecule has 0 saturated heterocycles. The third-order valence-corrected chi connectivity index (χ3v) is 4.74. The summed E-state index contributed by atoms with van der Waals surface area (Å²) in [6, 6.07) is 11.2. The molecule has 0 aliphatic rings. The van der Waals surface area contributed by atoms with Crippen LogP contribution in [0.4, 0.5) is 17.6 Å². The van der Waals surface area contributed by atoms with E-state index in [0.29, 0.717) is 40.6 Å². The van der Waals surface area contributed by atoms with Gasteiger partial charge in [0.15, 0.2) is 17.4 Å². The molecule has 4 aromatic rings. The van der Waals surface area contributed by atoms with Crippen LogP contribution in [0.25, 0.3) is 11.3 Å². The summed E-state index contributed by atoms with van der Waals surface area (Å²) in [6.45, 7) is 2.30. The van der Waals surface area contributed by atoms with Gasteiger partial charge in [-0.3, -0.25) is 5.10 Å². The molecule has 0 saturated carbocycles. The Morgan fingerprint density at radius 2 is 2.11 bits per heavy atom. The van der Waals surface area contributed by atoms with E-state index >= 15 is 0 Å². The van der Waals surface area contributed by atoms with Crippen molar-refractivity contribution < 1.29 is 4.52 Å². The Bertz CT molecular complexity index is 1110. The van der Waals surface area contributed by atoms with Crippen molar-refractivity contribution in [2.75, 3.05) is 10.6 Å². The fourth-order valence-electron chi connectivity index (χ4n) is 2.50. The van der Waals surface area contributed by atoms with E-state index in [2.05, 4.69) is 51.9 Å². The number of rotatable bonds is 6. The number of aromatic amines is 1. The number of hydrogen-bond donors (Lipinski definition) is 3. The highest BCUT2D eigenvalue weighted by atomic mass is 79.9. The number of nitrogens with one attached hydrogen (secondary N) is 3. The normalized spacial score (nSPS) is 10.8. The van der Waals surface area contributed by atoms with E-state index in [-0.39, 0.29) is 0 Å². The van der Waals surface area contributed by atoms with Crippen molar-refractivity contribution in [3.63, 3.8) is 0 Å². The summed E-state index contributed by atoms with van der Waals surface area (Å²) in [5.74, 6) is 2.34. The first-order valence-corrected chi connectivity index (χ1v) is 9.51. The lowest BCUT2D eigenvalue weighted by molar-refractivity contribution is 0.390. The molecule has 3 aromatic heterocycles. The molecule has 10 heteroatoms. The maximum absolute atomic E-state index is 6.21. The number of aromatic nitrogens is 5. The summed E-state index contributed by atoms with van der Waals surface area (Å²) in [6.07, 6.45) is 1.66. The zero-order valence-electron chi connectivity index (χ0n) is 14.7. The van der Waals surface area contributed by atoms with Gasteiger partial charge in [-0.05, 0) is 28.9 Å². The number of aryl methyl sites for hydroxylation is 1. The van der Waals surface area contributed by atoms with E-state index in [0.717, 1.165) is 15.7 Å². The first-order valence-electron chi connectivity index (χ1n) is 8.34. The SMILES string of the molecule is Cc1cc(Nc2nc(NCc3cc(-c4ccccc4Cl)no3)ncc2Br)n[nH]1. The van der Waals surface area contributed by atoms with Crippen LogP contribution in [0.3, 0.4) is 0 Å². The third kappa shape index (κ3) is 4.15. The van der Waals surface area contributed by atoms with Gasteiger partial charge in [-0.1, -0.05) is 35.0 Å². The van der Waals surface area contributed by atoms with E-state index in [1.54, 1.807) is 6.20 Å². The summed E-state index contributed by atoms with van der Waals surface area (Å²) in [7, 11) is 0. The number of nitrogens with zero attached hydrogens (tertiary/aromatic N) is 4. The van der Waals surface area contributed by atoms with Crippen molar-refractivity contribution in [3.8, 4) is 11.3 Å². The average molecular weight is 461 g/mol. The minimum Gasteiger partial charge on any atom is -0.359 e. The number of benzene rings is 1. The summed E-state index contributed by atoms with van der Waals surface area (Å²) < 4.78 is 6.10. The first-order chi connectivity index (χ1) is 13.6. The second-order valence-corrected chi connectivity index (χ2v) is 7.22. The Labute approximate surface area is 173 Å². The Hall–Kier alpha value is -2.91. The average Bonchev–Trinajstić information content (AvgIpc) is 3.32. The lowest BCUT2D eigenvalue weighted by Crippen LogP contribution is -2.05. The summed E-state index contributed by atoms with van der Waals surface area (Å²) >= 11 is 9.64. The fraction of sp³-hybridized carbons (Fsp3) is 0.111. The van der Waals surface area contributed by atoms with Crippen molar-refractivity contribution in [1.29, 1.82) is 0 Å². The fourth-order valence-corrected chi connectivity index (χ4v) is 3.02. The molecule has 3 heterocycles. The smallest absolute Gasteiger partial charge is 0.225 e. The van der Waals surface area contributed by atoms with Crippen molar-refractivity contribution in [2.24, 2.45) is 0 Å². The van der Waals surface area contributed by atoms with Gasteiger partial charge < -0.3 is 15.2 Å². The van der Waals surface area contributed by atoms with Gasteiger partial charge in [0.05, 0.1) is 16.0 Å². The number of anilines is 3.